The molecule has 12 heavy (non-hydrogen) atoms. The van der Waals surface area contributed by atoms with Crippen molar-refractivity contribution in [3.8, 4) is 0 Å². The van der Waals surface area contributed by atoms with Crippen molar-refractivity contribution in [3.63, 3.8) is 0 Å². The monoisotopic (exact) mass is 280 g/mol. The third-order valence-electron chi connectivity index (χ3n) is 3.60. The maximum absolute atomic E-state index is 6.16. The number of hydrogen-bond acceptors (Lipinski definition) is 1. The predicted molar refractivity (Wildman–Crippen MR) is 58.7 cm³/mol. The van der Waals surface area contributed by atoms with Crippen LogP contribution in [0.15, 0.2) is 0 Å². The van der Waals surface area contributed by atoms with Crippen LogP contribution in [0, 0.1) is 5.92 Å². The van der Waals surface area contributed by atoms with E-state index in [0.717, 1.165) is 5.92 Å². The lowest BCUT2D eigenvalue weighted by molar-refractivity contribution is -0.193. The van der Waals surface area contributed by atoms with E-state index in [1.807, 2.05) is 0 Å². The summed E-state index contributed by atoms with van der Waals surface area (Å²) in [5.41, 5.74) is 0.327. The number of hydrogen-bond donors (Lipinski definition) is 0. The van der Waals surface area contributed by atoms with Gasteiger partial charge in [-0.05, 0) is 38.0 Å². The Hall–Kier alpha value is 0.690. The van der Waals surface area contributed by atoms with Crippen LogP contribution in [0.4, 0.5) is 0 Å². The lowest BCUT2D eigenvalue weighted by Gasteiger charge is -2.52. The molecule has 3 atom stereocenters. The fourth-order valence-electron chi connectivity index (χ4n) is 2.49. The van der Waals surface area contributed by atoms with Crippen LogP contribution in [0.5, 0.6) is 0 Å². The third kappa shape index (κ3) is 1.41. The highest BCUT2D eigenvalue weighted by Crippen LogP contribution is 2.48. The van der Waals surface area contributed by atoms with E-state index in [2.05, 4.69) is 29.5 Å². The summed E-state index contributed by atoms with van der Waals surface area (Å²) in [7, 11) is 0. The Balaban J connectivity index is 1.98. The summed E-state index contributed by atoms with van der Waals surface area (Å²) in [6.45, 7) is 2.35. The second kappa shape index (κ2) is 3.45. The molecule has 70 valence electrons. The first-order valence-corrected chi connectivity index (χ1v) is 6.53. The first-order chi connectivity index (χ1) is 5.77. The number of alkyl halides is 1. The van der Waals surface area contributed by atoms with Crippen LogP contribution < -0.4 is 0 Å². The molecule has 1 saturated heterocycles. The van der Waals surface area contributed by atoms with Crippen molar-refractivity contribution in [1.82, 2.24) is 0 Å². The summed E-state index contributed by atoms with van der Waals surface area (Å²) < 4.78 is 7.34. The summed E-state index contributed by atoms with van der Waals surface area (Å²) >= 11 is 2.45. The smallest absolute Gasteiger partial charge is 0.0712 e. The van der Waals surface area contributed by atoms with Gasteiger partial charge in [0.15, 0.2) is 0 Å². The first kappa shape index (κ1) is 9.25. The number of ether oxygens (including phenoxy) is 1. The number of halogens is 1. The fourth-order valence-corrected chi connectivity index (χ4v) is 3.11. The highest BCUT2D eigenvalue weighted by Gasteiger charge is 2.47. The Morgan fingerprint density at radius 3 is 2.75 bits per heavy atom. The standard InChI is InChI=1S/C10H17IO/c1-8-4-6-10(8)5-2-3-9(7-11)12-10/h8-9H,2-7H2,1H3. The zero-order valence-electron chi connectivity index (χ0n) is 7.68. The van der Waals surface area contributed by atoms with Gasteiger partial charge in [-0.15, -0.1) is 0 Å². The molecule has 1 nitrogen and oxygen atoms in total. The molecule has 1 spiro atoms. The molecule has 0 amide bonds. The second-order valence-electron chi connectivity index (χ2n) is 4.29. The van der Waals surface area contributed by atoms with Crippen molar-refractivity contribution in [2.24, 2.45) is 5.92 Å². The SMILES string of the molecule is CC1CCC12CCCC(CI)O2. The van der Waals surface area contributed by atoms with Gasteiger partial charge in [0.25, 0.3) is 0 Å². The molecule has 2 rings (SSSR count). The largest absolute Gasteiger partial charge is 0.371 e. The Morgan fingerprint density at radius 2 is 2.25 bits per heavy atom. The van der Waals surface area contributed by atoms with E-state index in [-0.39, 0.29) is 0 Å². The zero-order valence-corrected chi connectivity index (χ0v) is 9.84. The molecular weight excluding hydrogens is 263 g/mol. The molecular formula is C10H17IO. The first-order valence-electron chi connectivity index (χ1n) is 5.00. The Labute approximate surface area is 88.4 Å². The van der Waals surface area contributed by atoms with Gasteiger partial charge in [-0.25, -0.2) is 0 Å². The van der Waals surface area contributed by atoms with Crippen LogP contribution >= 0.6 is 22.6 Å². The molecule has 0 N–H and O–H groups in total. The fraction of sp³-hybridized carbons (Fsp3) is 1.00. The Bertz CT molecular complexity index is 171. The van der Waals surface area contributed by atoms with Gasteiger partial charge < -0.3 is 4.74 Å². The topological polar surface area (TPSA) is 9.23 Å². The van der Waals surface area contributed by atoms with Crippen molar-refractivity contribution in [2.75, 3.05) is 4.43 Å². The van der Waals surface area contributed by atoms with Gasteiger partial charge in [-0.2, -0.15) is 0 Å². The lowest BCUT2D eigenvalue weighted by atomic mass is 9.66. The van der Waals surface area contributed by atoms with Crippen LogP contribution in [0.2, 0.25) is 0 Å². The van der Waals surface area contributed by atoms with Gasteiger partial charge in [0.2, 0.25) is 0 Å². The number of rotatable bonds is 1. The van der Waals surface area contributed by atoms with Gasteiger partial charge in [0.1, 0.15) is 0 Å². The molecule has 0 aromatic heterocycles. The van der Waals surface area contributed by atoms with E-state index < -0.39 is 0 Å². The normalized spacial score (nSPS) is 47.5. The summed E-state index contributed by atoms with van der Waals surface area (Å²) in [6.07, 6.45) is 7.26. The van der Waals surface area contributed by atoms with Gasteiger partial charge in [0, 0.05) is 4.43 Å². The van der Waals surface area contributed by atoms with Gasteiger partial charge >= 0.3 is 0 Å². The van der Waals surface area contributed by atoms with E-state index in [1.165, 1.54) is 36.5 Å². The van der Waals surface area contributed by atoms with Gasteiger partial charge in [-0.1, -0.05) is 29.5 Å². The van der Waals surface area contributed by atoms with Crippen molar-refractivity contribution >= 4 is 22.6 Å². The van der Waals surface area contributed by atoms with Gasteiger partial charge in [0.05, 0.1) is 11.7 Å². The average Bonchev–Trinajstić information content (AvgIpc) is 2.15. The van der Waals surface area contributed by atoms with E-state index in [4.69, 9.17) is 4.74 Å². The molecule has 0 radical (unpaired) electrons. The molecule has 0 aromatic carbocycles. The summed E-state index contributed by atoms with van der Waals surface area (Å²) in [6, 6.07) is 0. The van der Waals surface area contributed by atoms with E-state index in [1.54, 1.807) is 0 Å². The molecule has 2 fully saturated rings. The maximum atomic E-state index is 6.16. The molecule has 1 heterocycles. The third-order valence-corrected chi connectivity index (χ3v) is 4.58. The highest BCUT2D eigenvalue weighted by molar-refractivity contribution is 14.1. The molecule has 2 heteroatoms. The van der Waals surface area contributed by atoms with Crippen LogP contribution in [-0.2, 0) is 4.74 Å². The van der Waals surface area contributed by atoms with Crippen molar-refractivity contribution < 1.29 is 4.74 Å². The minimum atomic E-state index is 0.327. The van der Waals surface area contributed by atoms with Crippen LogP contribution in [0.3, 0.4) is 0 Å². The Morgan fingerprint density at radius 1 is 1.42 bits per heavy atom. The van der Waals surface area contributed by atoms with Crippen LogP contribution in [0.1, 0.15) is 39.0 Å². The van der Waals surface area contributed by atoms with Crippen molar-refractivity contribution in [3.05, 3.63) is 0 Å². The molecule has 3 unspecified atom stereocenters. The van der Waals surface area contributed by atoms with Crippen LogP contribution in [0.25, 0.3) is 0 Å². The lowest BCUT2D eigenvalue weighted by Crippen LogP contribution is -2.52. The Kier molecular flexibility index (Phi) is 2.66. The molecule has 0 bridgehead atoms. The summed E-state index contributed by atoms with van der Waals surface area (Å²) in [5.74, 6) is 0.822. The molecule has 1 aliphatic carbocycles. The summed E-state index contributed by atoms with van der Waals surface area (Å²) in [5, 5.41) is 0. The van der Waals surface area contributed by atoms with Crippen molar-refractivity contribution in [2.45, 2.75) is 50.7 Å². The minimum Gasteiger partial charge on any atom is -0.371 e. The zero-order chi connectivity index (χ0) is 8.60. The van der Waals surface area contributed by atoms with Crippen LogP contribution in [-0.4, -0.2) is 16.1 Å². The van der Waals surface area contributed by atoms with E-state index in [9.17, 15) is 0 Å². The molecule has 1 saturated carbocycles. The average molecular weight is 280 g/mol. The van der Waals surface area contributed by atoms with Gasteiger partial charge in [-0.3, -0.25) is 0 Å². The molecule has 1 aliphatic heterocycles. The molecule has 0 aromatic rings. The predicted octanol–water partition coefficient (Wildman–Crippen LogP) is 3.16. The van der Waals surface area contributed by atoms with E-state index >= 15 is 0 Å². The maximum Gasteiger partial charge on any atom is 0.0712 e. The second-order valence-corrected chi connectivity index (χ2v) is 5.17. The highest BCUT2D eigenvalue weighted by atomic mass is 127. The summed E-state index contributed by atoms with van der Waals surface area (Å²) in [4.78, 5) is 0. The minimum absolute atomic E-state index is 0.327. The molecule has 2 aliphatic rings. The van der Waals surface area contributed by atoms with Crippen molar-refractivity contribution in [1.29, 1.82) is 0 Å². The van der Waals surface area contributed by atoms with E-state index in [0.29, 0.717) is 11.7 Å². The quantitative estimate of drug-likeness (QED) is 0.529.